The highest BCUT2D eigenvalue weighted by molar-refractivity contribution is 7.99. The van der Waals surface area contributed by atoms with Crippen molar-refractivity contribution in [2.75, 3.05) is 0 Å². The van der Waals surface area contributed by atoms with Crippen LogP contribution in [-0.2, 0) is 19.8 Å². The first-order valence-electron chi connectivity index (χ1n) is 17.2. The largest absolute Gasteiger partial charge is 0.427 e. The van der Waals surface area contributed by atoms with Gasteiger partial charge in [0.05, 0.1) is 5.25 Å². The zero-order valence-corrected chi connectivity index (χ0v) is 30.3. The monoisotopic (exact) mass is 658 g/mol. The molecule has 6 unspecified atom stereocenters. The van der Waals surface area contributed by atoms with Crippen molar-refractivity contribution >= 4 is 29.7 Å². The van der Waals surface area contributed by atoms with Gasteiger partial charge in [-0.3, -0.25) is 14.4 Å². The van der Waals surface area contributed by atoms with E-state index in [9.17, 15) is 14.4 Å². The third-order valence-electron chi connectivity index (χ3n) is 12.3. The molecule has 0 N–H and O–H groups in total. The Kier molecular flexibility index (Phi) is 8.51. The van der Waals surface area contributed by atoms with E-state index in [0.717, 1.165) is 40.8 Å². The molecule has 4 aliphatic rings. The number of fused-ring (bicyclic) bond motifs is 7. The zero-order valence-electron chi connectivity index (χ0n) is 29.5. The minimum absolute atomic E-state index is 0.0321. The van der Waals surface area contributed by atoms with Crippen molar-refractivity contribution < 1.29 is 28.6 Å². The van der Waals surface area contributed by atoms with Gasteiger partial charge in [-0.2, -0.15) is 0 Å². The normalized spacial score (nSPS) is 32.0. The number of esters is 3. The van der Waals surface area contributed by atoms with Crippen LogP contribution in [-0.4, -0.2) is 17.9 Å². The van der Waals surface area contributed by atoms with Gasteiger partial charge in [0.25, 0.3) is 0 Å². The fraction of sp³-hybridized carbons (Fsp3) is 0.575. The van der Waals surface area contributed by atoms with Gasteiger partial charge in [-0.15, -0.1) is 11.8 Å². The van der Waals surface area contributed by atoms with Crippen LogP contribution in [0.1, 0.15) is 122 Å². The van der Waals surface area contributed by atoms with Crippen LogP contribution in [0.25, 0.3) is 0 Å². The number of carbonyl (C=O) groups excluding carboxylic acids is 3. The minimum atomic E-state index is -0.460. The van der Waals surface area contributed by atoms with Crippen LogP contribution in [0.5, 0.6) is 17.2 Å². The highest BCUT2D eigenvalue weighted by atomic mass is 32.2. The number of ether oxygens (including phenoxy) is 3. The topological polar surface area (TPSA) is 78.9 Å². The van der Waals surface area contributed by atoms with Crippen LogP contribution in [0.4, 0.5) is 0 Å². The van der Waals surface area contributed by atoms with Gasteiger partial charge in [0, 0.05) is 36.6 Å². The van der Waals surface area contributed by atoms with Crippen molar-refractivity contribution in [2.24, 2.45) is 28.1 Å². The molecule has 0 bridgehead atoms. The molecule has 0 heterocycles. The van der Waals surface area contributed by atoms with Crippen LogP contribution in [0.3, 0.4) is 0 Å². The highest BCUT2D eigenvalue weighted by Gasteiger charge is 2.61. The SMILES string of the molecule is CC(=O)Oc1ccc(SC2C=C3C(C)(CCC4C5CC(C)(C)CCC5(C)CCC34C)c3cc(OC(C)=O)c(OC(C)=O)c(C)c32)cc1. The molecule has 3 fully saturated rings. The molecule has 0 spiro atoms. The maximum Gasteiger partial charge on any atom is 0.308 e. The van der Waals surface area contributed by atoms with Gasteiger partial charge in [-0.05, 0) is 121 Å². The lowest BCUT2D eigenvalue weighted by atomic mass is 9.40. The molecule has 0 amide bonds. The molecule has 6 atom stereocenters. The molecule has 4 aliphatic carbocycles. The summed E-state index contributed by atoms with van der Waals surface area (Å²) in [5.41, 5.74) is 5.10. The number of hydrogen-bond acceptors (Lipinski definition) is 7. The molecular formula is C40H50O6S. The summed E-state index contributed by atoms with van der Waals surface area (Å²) in [6, 6.07) is 9.64. The van der Waals surface area contributed by atoms with Crippen molar-refractivity contribution in [3.8, 4) is 17.2 Å². The fourth-order valence-electron chi connectivity index (χ4n) is 9.92. The molecule has 2 aromatic carbocycles. The van der Waals surface area contributed by atoms with Gasteiger partial charge in [-0.25, -0.2) is 0 Å². The average molecular weight is 659 g/mol. The van der Waals surface area contributed by atoms with Gasteiger partial charge < -0.3 is 14.2 Å². The van der Waals surface area contributed by atoms with E-state index in [1.54, 1.807) is 11.8 Å². The number of carbonyl (C=O) groups is 3. The Morgan fingerprint density at radius 2 is 1.43 bits per heavy atom. The lowest BCUT2D eigenvalue weighted by molar-refractivity contribution is -0.134. The van der Waals surface area contributed by atoms with E-state index in [2.05, 4.69) is 40.7 Å². The van der Waals surface area contributed by atoms with Gasteiger partial charge in [0.15, 0.2) is 11.5 Å². The lowest BCUT2D eigenvalue weighted by Gasteiger charge is -2.65. The van der Waals surface area contributed by atoms with E-state index in [1.165, 1.54) is 52.0 Å². The first kappa shape index (κ1) is 33.8. The van der Waals surface area contributed by atoms with Gasteiger partial charge >= 0.3 is 17.9 Å². The van der Waals surface area contributed by atoms with E-state index in [0.29, 0.717) is 39.9 Å². The summed E-state index contributed by atoms with van der Waals surface area (Å²) in [4.78, 5) is 37.2. The van der Waals surface area contributed by atoms with Gasteiger partial charge in [-0.1, -0.05) is 46.3 Å². The second kappa shape index (κ2) is 11.8. The number of hydrogen-bond donors (Lipinski definition) is 0. The van der Waals surface area contributed by atoms with Crippen LogP contribution >= 0.6 is 11.8 Å². The van der Waals surface area contributed by atoms with E-state index in [1.807, 2.05) is 37.3 Å². The molecule has 6 nitrogen and oxygen atoms in total. The predicted octanol–water partition coefficient (Wildman–Crippen LogP) is 9.84. The molecule has 3 saturated carbocycles. The molecule has 0 radical (unpaired) electrons. The van der Waals surface area contributed by atoms with Crippen LogP contribution in [0, 0.1) is 35.0 Å². The summed E-state index contributed by atoms with van der Waals surface area (Å²) in [7, 11) is 0. The number of allylic oxidation sites excluding steroid dienone is 1. The maximum atomic E-state index is 12.3. The smallest absolute Gasteiger partial charge is 0.308 e. The Hall–Kier alpha value is -3.06. The molecule has 2 aromatic rings. The van der Waals surface area contributed by atoms with Crippen LogP contribution < -0.4 is 14.2 Å². The zero-order chi connectivity index (χ0) is 34.1. The maximum absolute atomic E-state index is 12.3. The highest BCUT2D eigenvalue weighted by Crippen LogP contribution is 2.71. The molecule has 0 saturated heterocycles. The van der Waals surface area contributed by atoms with Crippen molar-refractivity contribution in [1.82, 2.24) is 0 Å². The quantitative estimate of drug-likeness (QED) is 0.180. The van der Waals surface area contributed by atoms with E-state index < -0.39 is 11.9 Å². The Labute approximate surface area is 284 Å². The Balaban J connectivity index is 1.51. The second-order valence-corrected chi connectivity index (χ2v) is 17.4. The molecule has 7 heteroatoms. The first-order chi connectivity index (χ1) is 22.0. The molecule has 6 rings (SSSR count). The standard InChI is InChI=1S/C40H50O6S/c1-23-35-30(20-32(45-25(3)42)36(23)46-26(4)43)39(8)15-14-29-31-22-37(5,6)16-17-38(31,7)18-19-40(29,9)34(39)21-33(35)47-28-12-10-27(11-13-28)44-24(2)41/h10-13,20-21,29,31,33H,14-19,22H2,1-9H3. The first-order valence-corrected chi connectivity index (χ1v) is 18.1. The molecule has 0 aromatic heterocycles. The second-order valence-electron chi connectivity index (χ2n) is 16.2. The summed E-state index contributed by atoms with van der Waals surface area (Å²) in [5, 5.41) is -0.0694. The molecule has 252 valence electrons. The van der Waals surface area contributed by atoms with E-state index in [-0.39, 0.29) is 22.0 Å². The van der Waals surface area contributed by atoms with Crippen LogP contribution in [0.15, 0.2) is 46.9 Å². The van der Waals surface area contributed by atoms with E-state index in [4.69, 9.17) is 14.2 Å². The van der Waals surface area contributed by atoms with Crippen LogP contribution in [0.2, 0.25) is 0 Å². The van der Waals surface area contributed by atoms with Crippen molar-refractivity contribution in [2.45, 2.75) is 123 Å². The van der Waals surface area contributed by atoms with Crippen molar-refractivity contribution in [3.05, 3.63) is 58.7 Å². The molecule has 0 aliphatic heterocycles. The third-order valence-corrected chi connectivity index (χ3v) is 13.5. The Morgan fingerprint density at radius 3 is 2.06 bits per heavy atom. The summed E-state index contributed by atoms with van der Waals surface area (Å²) in [5.74, 6) is 1.15. The minimum Gasteiger partial charge on any atom is -0.427 e. The van der Waals surface area contributed by atoms with Gasteiger partial charge in [0.1, 0.15) is 5.75 Å². The number of thioether (sulfide) groups is 1. The molecule has 47 heavy (non-hydrogen) atoms. The third kappa shape index (κ3) is 5.95. The average Bonchev–Trinajstić information content (AvgIpc) is 2.97. The lowest BCUT2D eigenvalue weighted by Crippen LogP contribution is -2.56. The Bertz CT molecular complexity index is 1660. The number of rotatable bonds is 5. The van der Waals surface area contributed by atoms with Gasteiger partial charge in [0.2, 0.25) is 0 Å². The summed E-state index contributed by atoms with van der Waals surface area (Å²) in [6.07, 6.45) is 11.0. The van der Waals surface area contributed by atoms with Crippen molar-refractivity contribution in [3.63, 3.8) is 0 Å². The summed E-state index contributed by atoms with van der Waals surface area (Å²) in [6.45, 7) is 18.5. The Morgan fingerprint density at radius 1 is 0.787 bits per heavy atom. The number of benzene rings is 2. The predicted molar refractivity (Wildman–Crippen MR) is 185 cm³/mol. The molecular weight excluding hydrogens is 609 g/mol. The van der Waals surface area contributed by atoms with E-state index >= 15 is 0 Å². The van der Waals surface area contributed by atoms with Crippen molar-refractivity contribution in [1.29, 1.82) is 0 Å². The summed E-state index contributed by atoms with van der Waals surface area (Å²) >= 11 is 1.75. The fourth-order valence-corrected chi connectivity index (χ4v) is 11.1. The summed E-state index contributed by atoms with van der Waals surface area (Å²) < 4.78 is 16.8.